The van der Waals surface area contributed by atoms with E-state index in [1.807, 2.05) is 13.8 Å². The number of nitrogens with one attached hydrogen (secondary N) is 1. The van der Waals surface area contributed by atoms with Crippen LogP contribution in [0.5, 0.6) is 0 Å². The summed E-state index contributed by atoms with van der Waals surface area (Å²) < 4.78 is 4.82. The quantitative estimate of drug-likeness (QED) is 0.678. The minimum atomic E-state index is -1.10. The van der Waals surface area contributed by atoms with Gasteiger partial charge in [-0.1, -0.05) is 0 Å². The van der Waals surface area contributed by atoms with Crippen molar-refractivity contribution in [3.05, 3.63) is 0 Å². The zero-order chi connectivity index (χ0) is 15.3. The minimum Gasteiger partial charge on any atom is -0.480 e. The SMILES string of the molecule is COCC[C@H](NC(=O)[C@@H]1CC(=O)N(C(C)C)C1)C(=O)O. The number of hydrogen-bond donors (Lipinski definition) is 2. The zero-order valence-corrected chi connectivity index (χ0v) is 12.1. The molecule has 7 heteroatoms. The Morgan fingerprint density at radius 2 is 2.15 bits per heavy atom. The van der Waals surface area contributed by atoms with Crippen molar-refractivity contribution < 1.29 is 24.2 Å². The summed E-state index contributed by atoms with van der Waals surface area (Å²) in [5, 5.41) is 11.5. The zero-order valence-electron chi connectivity index (χ0n) is 12.1. The number of methoxy groups -OCH3 is 1. The summed E-state index contributed by atoms with van der Waals surface area (Å²) in [5.74, 6) is -2.02. The monoisotopic (exact) mass is 286 g/mol. The number of nitrogens with zero attached hydrogens (tertiary/aromatic N) is 1. The number of carbonyl (C=O) groups is 3. The molecule has 0 spiro atoms. The molecule has 0 saturated carbocycles. The fourth-order valence-corrected chi connectivity index (χ4v) is 2.19. The van der Waals surface area contributed by atoms with Gasteiger partial charge in [0.1, 0.15) is 6.04 Å². The standard InChI is InChI=1S/C13H22N2O5/c1-8(2)15-7-9(6-11(15)16)12(17)14-10(13(18)19)4-5-20-3/h8-10H,4-7H2,1-3H3,(H,14,17)(H,18,19)/t9-,10+/m1/s1. The molecule has 2 atom stereocenters. The Morgan fingerprint density at radius 1 is 1.50 bits per heavy atom. The van der Waals surface area contributed by atoms with E-state index in [0.29, 0.717) is 6.54 Å². The number of hydrogen-bond acceptors (Lipinski definition) is 4. The molecule has 1 heterocycles. The molecule has 0 radical (unpaired) electrons. The highest BCUT2D eigenvalue weighted by atomic mass is 16.5. The summed E-state index contributed by atoms with van der Waals surface area (Å²) in [6.07, 6.45) is 0.340. The van der Waals surface area contributed by atoms with E-state index in [1.54, 1.807) is 4.90 Å². The van der Waals surface area contributed by atoms with Gasteiger partial charge in [0, 0.05) is 39.1 Å². The fourth-order valence-electron chi connectivity index (χ4n) is 2.19. The van der Waals surface area contributed by atoms with E-state index in [9.17, 15) is 14.4 Å². The largest absolute Gasteiger partial charge is 0.480 e. The van der Waals surface area contributed by atoms with Crippen molar-refractivity contribution in [2.75, 3.05) is 20.3 Å². The lowest BCUT2D eigenvalue weighted by atomic mass is 10.1. The van der Waals surface area contributed by atoms with Crippen LogP contribution in [0, 0.1) is 5.92 Å². The normalized spacial score (nSPS) is 20.3. The van der Waals surface area contributed by atoms with E-state index in [1.165, 1.54) is 7.11 Å². The molecule has 2 N–H and O–H groups in total. The van der Waals surface area contributed by atoms with Crippen molar-refractivity contribution in [3.8, 4) is 0 Å². The third kappa shape index (κ3) is 4.19. The number of carbonyl (C=O) groups excluding carboxylic acids is 2. The molecular weight excluding hydrogens is 264 g/mol. The molecule has 0 unspecified atom stereocenters. The van der Waals surface area contributed by atoms with Crippen LogP contribution in [0.25, 0.3) is 0 Å². The lowest BCUT2D eigenvalue weighted by molar-refractivity contribution is -0.142. The molecule has 2 amide bonds. The Hall–Kier alpha value is -1.63. The van der Waals surface area contributed by atoms with Gasteiger partial charge in [-0.05, 0) is 13.8 Å². The van der Waals surface area contributed by atoms with E-state index < -0.39 is 17.9 Å². The van der Waals surface area contributed by atoms with Gasteiger partial charge in [0.05, 0.1) is 5.92 Å². The Morgan fingerprint density at radius 3 is 2.60 bits per heavy atom. The summed E-state index contributed by atoms with van der Waals surface area (Å²) in [6, 6.07) is -0.935. The average Bonchev–Trinajstić information content (AvgIpc) is 2.76. The van der Waals surface area contributed by atoms with Gasteiger partial charge in [0.25, 0.3) is 0 Å². The van der Waals surface area contributed by atoms with Crippen molar-refractivity contribution in [2.24, 2.45) is 5.92 Å². The van der Waals surface area contributed by atoms with Gasteiger partial charge in [0.15, 0.2) is 0 Å². The van der Waals surface area contributed by atoms with Crippen LogP contribution in [0.2, 0.25) is 0 Å². The highest BCUT2D eigenvalue weighted by molar-refractivity contribution is 5.91. The minimum absolute atomic E-state index is 0.0454. The molecule has 0 aromatic heterocycles. The molecule has 0 bridgehead atoms. The second-order valence-electron chi connectivity index (χ2n) is 5.22. The maximum absolute atomic E-state index is 12.0. The lowest BCUT2D eigenvalue weighted by Crippen LogP contribution is -2.45. The first-order valence-electron chi connectivity index (χ1n) is 6.68. The number of amides is 2. The molecular formula is C13H22N2O5. The Bertz CT molecular complexity index is 383. The third-order valence-corrected chi connectivity index (χ3v) is 3.38. The van der Waals surface area contributed by atoms with E-state index in [0.717, 1.165) is 0 Å². The van der Waals surface area contributed by atoms with Crippen LogP contribution >= 0.6 is 0 Å². The average molecular weight is 286 g/mol. The second-order valence-corrected chi connectivity index (χ2v) is 5.22. The van der Waals surface area contributed by atoms with Crippen molar-refractivity contribution in [1.29, 1.82) is 0 Å². The molecule has 0 aromatic rings. The summed E-state index contributed by atoms with van der Waals surface area (Å²) in [5.41, 5.74) is 0. The van der Waals surface area contributed by atoms with Gasteiger partial charge in [-0.25, -0.2) is 4.79 Å². The number of rotatable bonds is 7. The molecule has 0 aromatic carbocycles. The molecule has 1 rings (SSSR count). The van der Waals surface area contributed by atoms with E-state index in [2.05, 4.69) is 5.32 Å². The summed E-state index contributed by atoms with van der Waals surface area (Å²) in [7, 11) is 1.47. The van der Waals surface area contributed by atoms with Gasteiger partial charge in [-0.15, -0.1) is 0 Å². The highest BCUT2D eigenvalue weighted by Gasteiger charge is 2.36. The molecule has 20 heavy (non-hydrogen) atoms. The first-order chi connectivity index (χ1) is 9.36. The van der Waals surface area contributed by atoms with Crippen LogP contribution in [0.3, 0.4) is 0 Å². The molecule has 1 fully saturated rings. The Balaban J connectivity index is 2.57. The van der Waals surface area contributed by atoms with Crippen LogP contribution in [0.1, 0.15) is 26.7 Å². The molecule has 1 saturated heterocycles. The molecule has 114 valence electrons. The maximum atomic E-state index is 12.0. The van der Waals surface area contributed by atoms with E-state index in [4.69, 9.17) is 9.84 Å². The van der Waals surface area contributed by atoms with Gasteiger partial charge >= 0.3 is 5.97 Å². The summed E-state index contributed by atoms with van der Waals surface area (Å²) in [6.45, 7) is 4.37. The van der Waals surface area contributed by atoms with Crippen molar-refractivity contribution >= 4 is 17.8 Å². The van der Waals surface area contributed by atoms with E-state index in [-0.39, 0.29) is 37.3 Å². The number of carboxylic acids is 1. The van der Waals surface area contributed by atoms with Crippen LogP contribution in [-0.2, 0) is 19.1 Å². The first kappa shape index (κ1) is 16.4. The van der Waals surface area contributed by atoms with Crippen LogP contribution in [0.4, 0.5) is 0 Å². The smallest absolute Gasteiger partial charge is 0.326 e. The van der Waals surface area contributed by atoms with Crippen molar-refractivity contribution in [1.82, 2.24) is 10.2 Å². The first-order valence-corrected chi connectivity index (χ1v) is 6.68. The van der Waals surface area contributed by atoms with Crippen LogP contribution in [-0.4, -0.2) is 60.1 Å². The van der Waals surface area contributed by atoms with Gasteiger partial charge in [-0.3, -0.25) is 9.59 Å². The summed E-state index contributed by atoms with van der Waals surface area (Å²) >= 11 is 0. The van der Waals surface area contributed by atoms with Crippen molar-refractivity contribution in [2.45, 2.75) is 38.8 Å². The Labute approximate surface area is 118 Å². The molecule has 1 aliphatic heterocycles. The van der Waals surface area contributed by atoms with Crippen LogP contribution in [0.15, 0.2) is 0 Å². The Kier molecular flexibility index (Phi) is 5.94. The van der Waals surface area contributed by atoms with Gasteiger partial charge in [0.2, 0.25) is 11.8 Å². The maximum Gasteiger partial charge on any atom is 0.326 e. The second kappa shape index (κ2) is 7.23. The van der Waals surface area contributed by atoms with Crippen LogP contribution < -0.4 is 5.32 Å². The summed E-state index contributed by atoms with van der Waals surface area (Å²) in [4.78, 5) is 36.5. The number of ether oxygens (including phenoxy) is 1. The lowest BCUT2D eigenvalue weighted by Gasteiger charge is -2.21. The predicted molar refractivity (Wildman–Crippen MR) is 71.0 cm³/mol. The number of aliphatic carboxylic acids is 1. The highest BCUT2D eigenvalue weighted by Crippen LogP contribution is 2.20. The number of likely N-dealkylation sites (tertiary alicyclic amines) is 1. The van der Waals surface area contributed by atoms with Gasteiger partial charge < -0.3 is 20.1 Å². The predicted octanol–water partition coefficient (Wildman–Crippen LogP) is -0.151. The van der Waals surface area contributed by atoms with Crippen molar-refractivity contribution in [3.63, 3.8) is 0 Å². The van der Waals surface area contributed by atoms with Gasteiger partial charge in [-0.2, -0.15) is 0 Å². The topological polar surface area (TPSA) is 95.9 Å². The fraction of sp³-hybridized carbons (Fsp3) is 0.769. The molecule has 0 aliphatic carbocycles. The molecule has 1 aliphatic rings. The molecule has 7 nitrogen and oxygen atoms in total. The van der Waals surface area contributed by atoms with E-state index >= 15 is 0 Å². The number of carboxylic acid groups (broad SMARTS) is 1. The third-order valence-electron chi connectivity index (χ3n) is 3.38.